The molecule has 4 rings (SSSR count). The van der Waals surface area contributed by atoms with Gasteiger partial charge in [0.15, 0.2) is 11.2 Å². The maximum Gasteiger partial charge on any atom is 0.330 e. The monoisotopic (exact) mass is 414 g/mol. The third kappa shape index (κ3) is 3.46. The van der Waals surface area contributed by atoms with Gasteiger partial charge < -0.3 is 4.57 Å². The first-order valence-corrected chi connectivity index (χ1v) is 10.4. The number of aryl methyl sites for hydroxylation is 4. The highest BCUT2D eigenvalue weighted by molar-refractivity contribution is 7.98. The summed E-state index contributed by atoms with van der Waals surface area (Å²) >= 11 is 1.41. The van der Waals surface area contributed by atoms with Crippen LogP contribution in [-0.2, 0) is 19.3 Å². The van der Waals surface area contributed by atoms with E-state index >= 15 is 0 Å². The predicted octanol–water partition coefficient (Wildman–Crippen LogP) is 1.57. The highest BCUT2D eigenvalue weighted by atomic mass is 32.2. The second-order valence-electron chi connectivity index (χ2n) is 6.96. The van der Waals surface area contributed by atoms with E-state index in [1.165, 1.54) is 16.3 Å². The summed E-state index contributed by atoms with van der Waals surface area (Å²) in [5, 5.41) is 5.07. The molecule has 11 heteroatoms. The minimum absolute atomic E-state index is 0.396. The van der Waals surface area contributed by atoms with Crippen molar-refractivity contribution >= 4 is 28.7 Å². The number of imidazole rings is 1. The lowest BCUT2D eigenvalue weighted by atomic mass is 10.3. The standard InChI is InChI=1S/C18H22N8O2S/c1-5-6-7-25-14-13(15(27)21-18(25)28)24(4)12(20-14)9-29-17-22-16-19-10(2)8-11(3)26(16)23-17/h8H,5-7,9H2,1-4H3,(H,21,27,28). The maximum absolute atomic E-state index is 12.3. The molecule has 0 aliphatic rings. The molecule has 29 heavy (non-hydrogen) atoms. The Labute approximate surface area is 170 Å². The van der Waals surface area contributed by atoms with E-state index in [1.807, 2.05) is 26.8 Å². The summed E-state index contributed by atoms with van der Waals surface area (Å²) in [4.78, 5) is 40.4. The van der Waals surface area contributed by atoms with Crippen LogP contribution in [0.5, 0.6) is 0 Å². The number of rotatable bonds is 6. The van der Waals surface area contributed by atoms with Crippen LogP contribution < -0.4 is 11.2 Å². The number of hydrogen-bond acceptors (Lipinski definition) is 7. The van der Waals surface area contributed by atoms with E-state index in [2.05, 4.69) is 25.0 Å². The minimum Gasteiger partial charge on any atom is -0.325 e. The molecule has 10 nitrogen and oxygen atoms in total. The topological polar surface area (TPSA) is 116 Å². The summed E-state index contributed by atoms with van der Waals surface area (Å²) in [5.74, 6) is 1.69. The van der Waals surface area contributed by atoms with E-state index < -0.39 is 11.2 Å². The average Bonchev–Trinajstić information content (AvgIpc) is 3.21. The summed E-state index contributed by atoms with van der Waals surface area (Å²) in [6, 6.07) is 1.95. The number of H-pyrrole nitrogens is 1. The third-order valence-corrected chi connectivity index (χ3v) is 5.60. The lowest BCUT2D eigenvalue weighted by Crippen LogP contribution is -2.31. The van der Waals surface area contributed by atoms with Crippen LogP contribution in [0.25, 0.3) is 16.9 Å². The van der Waals surface area contributed by atoms with Crippen LogP contribution in [-0.4, -0.2) is 38.7 Å². The molecule has 0 aliphatic heterocycles. The van der Waals surface area contributed by atoms with E-state index in [0.717, 1.165) is 24.2 Å². The van der Waals surface area contributed by atoms with Crippen molar-refractivity contribution in [3.05, 3.63) is 44.1 Å². The first kappa shape index (κ1) is 19.4. The van der Waals surface area contributed by atoms with Crippen molar-refractivity contribution in [1.29, 1.82) is 0 Å². The van der Waals surface area contributed by atoms with Gasteiger partial charge in [0, 0.05) is 25.0 Å². The van der Waals surface area contributed by atoms with Crippen LogP contribution in [0.1, 0.15) is 37.0 Å². The molecule has 4 heterocycles. The fourth-order valence-corrected chi connectivity index (χ4v) is 4.08. The molecule has 0 aromatic carbocycles. The van der Waals surface area contributed by atoms with E-state index in [0.29, 0.717) is 40.2 Å². The molecule has 0 atom stereocenters. The van der Waals surface area contributed by atoms with Gasteiger partial charge in [0.25, 0.3) is 11.3 Å². The van der Waals surface area contributed by atoms with Crippen LogP contribution in [0.15, 0.2) is 20.8 Å². The lowest BCUT2D eigenvalue weighted by Gasteiger charge is -2.04. The van der Waals surface area contributed by atoms with E-state index in [-0.39, 0.29) is 0 Å². The Kier molecular flexibility index (Phi) is 4.99. The van der Waals surface area contributed by atoms with Crippen molar-refractivity contribution in [1.82, 2.24) is 38.7 Å². The molecule has 0 saturated carbocycles. The summed E-state index contributed by atoms with van der Waals surface area (Å²) in [7, 11) is 1.78. The zero-order chi connectivity index (χ0) is 20.7. The number of nitrogens with zero attached hydrogens (tertiary/aromatic N) is 7. The Balaban J connectivity index is 1.69. The summed E-state index contributed by atoms with van der Waals surface area (Å²) in [5.41, 5.74) is 1.81. The molecule has 152 valence electrons. The number of thioether (sulfide) groups is 1. The van der Waals surface area contributed by atoms with Crippen molar-refractivity contribution in [3.8, 4) is 0 Å². The molecule has 0 unspecified atom stereocenters. The van der Waals surface area contributed by atoms with Gasteiger partial charge in [-0.15, -0.1) is 5.10 Å². The van der Waals surface area contributed by atoms with Crippen molar-refractivity contribution in [3.63, 3.8) is 0 Å². The van der Waals surface area contributed by atoms with Gasteiger partial charge in [0.2, 0.25) is 5.16 Å². The van der Waals surface area contributed by atoms with Crippen LogP contribution in [0.4, 0.5) is 0 Å². The van der Waals surface area contributed by atoms with Gasteiger partial charge in [-0.3, -0.25) is 14.3 Å². The highest BCUT2D eigenvalue weighted by Crippen LogP contribution is 2.21. The van der Waals surface area contributed by atoms with Gasteiger partial charge >= 0.3 is 5.69 Å². The van der Waals surface area contributed by atoms with Crippen LogP contribution >= 0.6 is 11.8 Å². The smallest absolute Gasteiger partial charge is 0.325 e. The van der Waals surface area contributed by atoms with Crippen LogP contribution in [0.2, 0.25) is 0 Å². The normalized spacial score (nSPS) is 11.7. The van der Waals surface area contributed by atoms with Crippen molar-refractivity contribution < 1.29 is 0 Å². The van der Waals surface area contributed by atoms with Crippen LogP contribution in [0, 0.1) is 13.8 Å². The van der Waals surface area contributed by atoms with Gasteiger partial charge in [-0.05, 0) is 26.3 Å². The third-order valence-electron chi connectivity index (χ3n) is 4.77. The number of hydrogen-bond donors (Lipinski definition) is 1. The number of aromatic nitrogens is 8. The van der Waals surface area contributed by atoms with Gasteiger partial charge in [-0.2, -0.15) is 4.98 Å². The molecule has 1 N–H and O–H groups in total. The molecule has 0 fully saturated rings. The summed E-state index contributed by atoms with van der Waals surface area (Å²) in [6.45, 7) is 6.44. The molecule has 0 spiro atoms. The molecule has 0 saturated heterocycles. The Hall–Kier alpha value is -2.95. The molecule has 0 aliphatic carbocycles. The molecular formula is C18H22N8O2S. The van der Waals surface area contributed by atoms with E-state index in [4.69, 9.17) is 0 Å². The lowest BCUT2D eigenvalue weighted by molar-refractivity contribution is 0.613. The SMILES string of the molecule is CCCCn1c(=O)[nH]c(=O)c2c1nc(CSc1nc3nc(C)cc(C)n3n1)n2C. The van der Waals surface area contributed by atoms with Gasteiger partial charge in [0.1, 0.15) is 5.82 Å². The average molecular weight is 414 g/mol. The first-order valence-electron chi connectivity index (χ1n) is 9.41. The second-order valence-corrected chi connectivity index (χ2v) is 7.90. The highest BCUT2D eigenvalue weighted by Gasteiger charge is 2.17. The quantitative estimate of drug-likeness (QED) is 0.476. The van der Waals surface area contributed by atoms with Crippen molar-refractivity contribution in [2.45, 2.75) is 51.1 Å². The number of aromatic amines is 1. The van der Waals surface area contributed by atoms with Crippen molar-refractivity contribution in [2.75, 3.05) is 0 Å². The molecule has 4 aromatic rings. The van der Waals surface area contributed by atoms with Gasteiger partial charge in [0.05, 0.1) is 5.75 Å². The largest absolute Gasteiger partial charge is 0.330 e. The Morgan fingerprint density at radius 1 is 1.17 bits per heavy atom. The Morgan fingerprint density at radius 3 is 2.72 bits per heavy atom. The molecule has 4 aromatic heterocycles. The summed E-state index contributed by atoms with van der Waals surface area (Å²) < 4.78 is 4.97. The van der Waals surface area contributed by atoms with Gasteiger partial charge in [-0.1, -0.05) is 25.1 Å². The molecule has 0 bridgehead atoms. The number of fused-ring (bicyclic) bond motifs is 2. The second kappa shape index (κ2) is 7.47. The molecular weight excluding hydrogens is 392 g/mol. The minimum atomic E-state index is -0.426. The Bertz CT molecular complexity index is 1330. The fraction of sp³-hybridized carbons (Fsp3) is 0.444. The van der Waals surface area contributed by atoms with Crippen molar-refractivity contribution in [2.24, 2.45) is 7.05 Å². The molecule has 0 radical (unpaired) electrons. The number of unbranched alkanes of at least 4 members (excludes halogenated alkanes) is 1. The number of nitrogens with one attached hydrogen (secondary N) is 1. The van der Waals surface area contributed by atoms with E-state index in [1.54, 1.807) is 16.1 Å². The van der Waals surface area contributed by atoms with Crippen LogP contribution in [0.3, 0.4) is 0 Å². The predicted molar refractivity (Wildman–Crippen MR) is 110 cm³/mol. The zero-order valence-electron chi connectivity index (χ0n) is 16.8. The van der Waals surface area contributed by atoms with E-state index in [9.17, 15) is 9.59 Å². The molecule has 0 amide bonds. The Morgan fingerprint density at radius 2 is 1.97 bits per heavy atom. The zero-order valence-corrected chi connectivity index (χ0v) is 17.6. The summed E-state index contributed by atoms with van der Waals surface area (Å²) in [6.07, 6.45) is 1.77. The van der Waals surface area contributed by atoms with Gasteiger partial charge in [-0.25, -0.2) is 19.3 Å². The fourth-order valence-electron chi connectivity index (χ4n) is 3.28. The first-order chi connectivity index (χ1) is 13.9. The maximum atomic E-state index is 12.3.